The van der Waals surface area contributed by atoms with Crippen molar-refractivity contribution in [3.05, 3.63) is 29.8 Å². The SMILES string of the molecule is CCCCCC1(c2cccc(OC)c2)CNC1. The van der Waals surface area contributed by atoms with E-state index in [4.69, 9.17) is 4.74 Å². The highest BCUT2D eigenvalue weighted by molar-refractivity contribution is 5.36. The molecule has 1 aromatic rings. The molecule has 0 radical (unpaired) electrons. The molecule has 2 heteroatoms. The third-order valence-electron chi connectivity index (χ3n) is 3.87. The predicted octanol–water partition coefficient (Wildman–Crippen LogP) is 3.12. The molecular weight excluding hydrogens is 210 g/mol. The minimum Gasteiger partial charge on any atom is -0.497 e. The van der Waals surface area contributed by atoms with Crippen molar-refractivity contribution < 1.29 is 4.74 Å². The molecule has 0 unspecified atom stereocenters. The molecule has 1 N–H and O–H groups in total. The van der Waals surface area contributed by atoms with E-state index in [1.807, 2.05) is 6.07 Å². The Hall–Kier alpha value is -1.02. The maximum atomic E-state index is 5.32. The van der Waals surface area contributed by atoms with Gasteiger partial charge in [-0.2, -0.15) is 0 Å². The average Bonchev–Trinajstić information content (AvgIpc) is 2.33. The first-order valence-corrected chi connectivity index (χ1v) is 6.66. The summed E-state index contributed by atoms with van der Waals surface area (Å²) >= 11 is 0. The van der Waals surface area contributed by atoms with E-state index in [1.165, 1.54) is 31.2 Å². The molecule has 0 spiro atoms. The number of benzene rings is 1. The fraction of sp³-hybridized carbons (Fsp3) is 0.600. The van der Waals surface area contributed by atoms with Crippen molar-refractivity contribution in [3.63, 3.8) is 0 Å². The minimum atomic E-state index is 0.365. The van der Waals surface area contributed by atoms with Crippen LogP contribution in [0.1, 0.15) is 38.2 Å². The monoisotopic (exact) mass is 233 g/mol. The zero-order chi connectivity index (χ0) is 12.1. The first-order valence-electron chi connectivity index (χ1n) is 6.66. The molecule has 1 saturated heterocycles. The molecule has 0 aromatic heterocycles. The largest absolute Gasteiger partial charge is 0.497 e. The molecule has 1 fully saturated rings. The second-order valence-corrected chi connectivity index (χ2v) is 5.07. The third-order valence-corrected chi connectivity index (χ3v) is 3.87. The minimum absolute atomic E-state index is 0.365. The Labute approximate surface area is 104 Å². The second-order valence-electron chi connectivity index (χ2n) is 5.07. The molecule has 1 aliphatic heterocycles. The van der Waals surface area contributed by atoms with E-state index < -0.39 is 0 Å². The number of methoxy groups -OCH3 is 1. The topological polar surface area (TPSA) is 21.3 Å². The van der Waals surface area contributed by atoms with E-state index in [0.29, 0.717) is 5.41 Å². The van der Waals surface area contributed by atoms with Gasteiger partial charge in [-0.05, 0) is 24.1 Å². The first kappa shape index (κ1) is 12.4. The summed E-state index contributed by atoms with van der Waals surface area (Å²) < 4.78 is 5.32. The van der Waals surface area contributed by atoms with Crippen molar-refractivity contribution in [1.29, 1.82) is 0 Å². The predicted molar refractivity (Wildman–Crippen MR) is 71.7 cm³/mol. The summed E-state index contributed by atoms with van der Waals surface area (Å²) in [6.07, 6.45) is 5.25. The molecule has 0 saturated carbocycles. The Morgan fingerprint density at radius 1 is 1.29 bits per heavy atom. The second kappa shape index (κ2) is 5.54. The molecule has 17 heavy (non-hydrogen) atoms. The Morgan fingerprint density at radius 3 is 2.71 bits per heavy atom. The van der Waals surface area contributed by atoms with Gasteiger partial charge in [-0.15, -0.1) is 0 Å². The lowest BCUT2D eigenvalue weighted by Gasteiger charge is -2.43. The number of nitrogens with one attached hydrogen (secondary N) is 1. The summed E-state index contributed by atoms with van der Waals surface area (Å²) in [5, 5.41) is 3.42. The highest BCUT2D eigenvalue weighted by Crippen LogP contribution is 2.35. The smallest absolute Gasteiger partial charge is 0.119 e. The highest BCUT2D eigenvalue weighted by atomic mass is 16.5. The zero-order valence-corrected chi connectivity index (χ0v) is 11.0. The van der Waals surface area contributed by atoms with Crippen molar-refractivity contribution in [3.8, 4) is 5.75 Å². The number of unbranched alkanes of at least 4 members (excludes halogenated alkanes) is 2. The molecule has 2 rings (SSSR count). The molecule has 94 valence electrons. The van der Waals surface area contributed by atoms with Crippen LogP contribution in [0.4, 0.5) is 0 Å². The van der Waals surface area contributed by atoms with E-state index in [-0.39, 0.29) is 0 Å². The maximum Gasteiger partial charge on any atom is 0.119 e. The van der Waals surface area contributed by atoms with Crippen molar-refractivity contribution >= 4 is 0 Å². The van der Waals surface area contributed by atoms with Gasteiger partial charge in [0.1, 0.15) is 5.75 Å². The van der Waals surface area contributed by atoms with Crippen LogP contribution in [0.2, 0.25) is 0 Å². The van der Waals surface area contributed by atoms with Crippen molar-refractivity contribution in [2.75, 3.05) is 20.2 Å². The number of hydrogen-bond donors (Lipinski definition) is 1. The van der Waals surface area contributed by atoms with Gasteiger partial charge in [0.2, 0.25) is 0 Å². The van der Waals surface area contributed by atoms with Crippen LogP contribution in [0.15, 0.2) is 24.3 Å². The lowest BCUT2D eigenvalue weighted by Crippen LogP contribution is -2.56. The summed E-state index contributed by atoms with van der Waals surface area (Å²) in [7, 11) is 1.74. The zero-order valence-electron chi connectivity index (χ0n) is 11.0. The summed E-state index contributed by atoms with van der Waals surface area (Å²) in [6, 6.07) is 8.57. The van der Waals surface area contributed by atoms with E-state index in [1.54, 1.807) is 7.11 Å². The highest BCUT2D eigenvalue weighted by Gasteiger charge is 2.37. The summed E-state index contributed by atoms with van der Waals surface area (Å²) in [5.74, 6) is 0.976. The fourth-order valence-corrected chi connectivity index (χ4v) is 2.62. The lowest BCUT2D eigenvalue weighted by molar-refractivity contribution is 0.249. The van der Waals surface area contributed by atoms with E-state index in [0.717, 1.165) is 18.8 Å². The van der Waals surface area contributed by atoms with E-state index >= 15 is 0 Å². The van der Waals surface area contributed by atoms with E-state index in [9.17, 15) is 0 Å². The molecule has 0 amide bonds. The Bertz CT molecular complexity index is 358. The van der Waals surface area contributed by atoms with Crippen LogP contribution in [0.3, 0.4) is 0 Å². The molecule has 0 atom stereocenters. The molecular formula is C15H23NO. The van der Waals surface area contributed by atoms with Gasteiger partial charge in [0, 0.05) is 18.5 Å². The van der Waals surface area contributed by atoms with Crippen LogP contribution in [0, 0.1) is 0 Å². The van der Waals surface area contributed by atoms with Gasteiger partial charge in [-0.1, -0.05) is 38.3 Å². The molecule has 1 aromatic carbocycles. The van der Waals surface area contributed by atoms with Gasteiger partial charge in [-0.25, -0.2) is 0 Å². The molecule has 0 bridgehead atoms. The van der Waals surface area contributed by atoms with Crippen LogP contribution >= 0.6 is 0 Å². The van der Waals surface area contributed by atoms with Gasteiger partial charge in [0.15, 0.2) is 0 Å². The Balaban J connectivity index is 2.10. The molecule has 1 aliphatic rings. The third kappa shape index (κ3) is 2.63. The van der Waals surface area contributed by atoms with Crippen molar-refractivity contribution in [1.82, 2.24) is 5.32 Å². The summed E-state index contributed by atoms with van der Waals surface area (Å²) in [4.78, 5) is 0. The molecule has 1 heterocycles. The quantitative estimate of drug-likeness (QED) is 0.762. The molecule has 0 aliphatic carbocycles. The van der Waals surface area contributed by atoms with Crippen molar-refractivity contribution in [2.45, 2.75) is 38.0 Å². The van der Waals surface area contributed by atoms with Crippen LogP contribution in [0.25, 0.3) is 0 Å². The molecule has 2 nitrogen and oxygen atoms in total. The Kier molecular flexibility index (Phi) is 4.06. The summed E-state index contributed by atoms with van der Waals surface area (Å²) in [6.45, 7) is 4.49. The fourth-order valence-electron chi connectivity index (χ4n) is 2.62. The first-order chi connectivity index (χ1) is 8.30. The van der Waals surface area contributed by atoms with Gasteiger partial charge >= 0.3 is 0 Å². The number of hydrogen-bond acceptors (Lipinski definition) is 2. The van der Waals surface area contributed by atoms with Crippen LogP contribution in [-0.4, -0.2) is 20.2 Å². The van der Waals surface area contributed by atoms with Gasteiger partial charge in [0.05, 0.1) is 7.11 Å². The van der Waals surface area contributed by atoms with Gasteiger partial charge < -0.3 is 10.1 Å². The number of ether oxygens (including phenoxy) is 1. The summed E-state index contributed by atoms with van der Waals surface area (Å²) in [5.41, 5.74) is 1.80. The average molecular weight is 233 g/mol. The van der Waals surface area contributed by atoms with Gasteiger partial charge in [0.25, 0.3) is 0 Å². The number of rotatable bonds is 6. The van der Waals surface area contributed by atoms with Crippen LogP contribution < -0.4 is 10.1 Å². The van der Waals surface area contributed by atoms with Crippen LogP contribution in [0.5, 0.6) is 5.75 Å². The standard InChI is InChI=1S/C15H23NO/c1-3-4-5-9-15(11-16-12-15)13-7-6-8-14(10-13)17-2/h6-8,10,16H,3-5,9,11-12H2,1-2H3. The van der Waals surface area contributed by atoms with Gasteiger partial charge in [-0.3, -0.25) is 0 Å². The Morgan fingerprint density at radius 2 is 2.12 bits per heavy atom. The normalized spacial score (nSPS) is 17.5. The van der Waals surface area contributed by atoms with E-state index in [2.05, 4.69) is 30.4 Å². The van der Waals surface area contributed by atoms with Crippen molar-refractivity contribution in [2.24, 2.45) is 0 Å². The van der Waals surface area contributed by atoms with Crippen LogP contribution in [-0.2, 0) is 5.41 Å². The maximum absolute atomic E-state index is 5.32. The lowest BCUT2D eigenvalue weighted by atomic mass is 9.71.